The molecule has 0 aromatic carbocycles. The van der Waals surface area contributed by atoms with Crippen LogP contribution in [-0.2, 0) is 6.61 Å². The molecule has 4 heteroatoms. The van der Waals surface area contributed by atoms with Gasteiger partial charge >= 0.3 is 0 Å². The fourth-order valence-electron chi connectivity index (χ4n) is 0.928. The summed E-state index contributed by atoms with van der Waals surface area (Å²) in [5.74, 6) is 0.113. The minimum absolute atomic E-state index is 0.201. The Morgan fingerprint density at radius 2 is 2.42 bits per heavy atom. The summed E-state index contributed by atoms with van der Waals surface area (Å²) < 4.78 is 12.6. The molecular weight excluding hydrogens is 159 g/mol. The molecular formula is C8H11FN2O. The lowest BCUT2D eigenvalue weighted by atomic mass is 10.2. The van der Waals surface area contributed by atoms with E-state index in [1.807, 2.05) is 6.92 Å². The van der Waals surface area contributed by atoms with E-state index in [1.165, 1.54) is 6.07 Å². The second kappa shape index (κ2) is 4.01. The molecule has 0 saturated carbocycles. The minimum Gasteiger partial charge on any atom is -0.392 e. The van der Waals surface area contributed by atoms with Crippen molar-refractivity contribution in [3.8, 4) is 0 Å². The Morgan fingerprint density at radius 3 is 3.00 bits per heavy atom. The van der Waals surface area contributed by atoms with Crippen LogP contribution in [0.5, 0.6) is 0 Å². The van der Waals surface area contributed by atoms with E-state index >= 15 is 0 Å². The van der Waals surface area contributed by atoms with Crippen LogP contribution in [0.3, 0.4) is 0 Å². The molecule has 66 valence electrons. The van der Waals surface area contributed by atoms with E-state index in [-0.39, 0.29) is 6.61 Å². The lowest BCUT2D eigenvalue weighted by molar-refractivity contribution is 0.281. The minimum atomic E-state index is -0.430. The van der Waals surface area contributed by atoms with Crippen molar-refractivity contribution in [2.45, 2.75) is 13.5 Å². The molecule has 0 saturated heterocycles. The molecule has 2 N–H and O–H groups in total. The van der Waals surface area contributed by atoms with Crippen molar-refractivity contribution in [3.05, 3.63) is 23.6 Å². The van der Waals surface area contributed by atoms with Crippen LogP contribution in [0.2, 0.25) is 0 Å². The van der Waals surface area contributed by atoms with E-state index in [0.717, 1.165) is 6.20 Å². The molecule has 0 fully saturated rings. The van der Waals surface area contributed by atoms with Crippen LogP contribution < -0.4 is 5.32 Å². The Balaban J connectivity index is 2.94. The van der Waals surface area contributed by atoms with Crippen LogP contribution in [0.1, 0.15) is 12.5 Å². The maximum Gasteiger partial charge on any atom is 0.142 e. The summed E-state index contributed by atoms with van der Waals surface area (Å²) in [6, 6.07) is 1.27. The molecule has 0 bridgehead atoms. The van der Waals surface area contributed by atoms with Gasteiger partial charge in [-0.15, -0.1) is 0 Å². The summed E-state index contributed by atoms with van der Waals surface area (Å²) in [6.45, 7) is 2.41. The normalized spacial score (nSPS) is 9.92. The van der Waals surface area contributed by atoms with Crippen LogP contribution in [0.4, 0.5) is 10.2 Å². The number of hydrogen-bond donors (Lipinski definition) is 2. The molecule has 0 atom stereocenters. The first-order chi connectivity index (χ1) is 5.77. The van der Waals surface area contributed by atoms with E-state index in [0.29, 0.717) is 17.9 Å². The Kier molecular flexibility index (Phi) is 2.99. The van der Waals surface area contributed by atoms with Gasteiger partial charge in [-0.3, -0.25) is 0 Å². The molecule has 1 heterocycles. The SMILES string of the molecule is CCNc1ncc(F)cc1CO. The molecule has 0 radical (unpaired) electrons. The van der Waals surface area contributed by atoms with Gasteiger partial charge < -0.3 is 10.4 Å². The maximum atomic E-state index is 12.6. The number of aliphatic hydroxyl groups excluding tert-OH is 1. The molecule has 0 spiro atoms. The standard InChI is InChI=1S/C8H11FN2O/c1-2-10-8-6(5-12)3-7(9)4-11-8/h3-4,12H,2,5H2,1H3,(H,10,11). The number of aromatic nitrogens is 1. The van der Waals surface area contributed by atoms with E-state index in [4.69, 9.17) is 5.11 Å². The van der Waals surface area contributed by atoms with Gasteiger partial charge in [0, 0.05) is 12.1 Å². The number of rotatable bonds is 3. The highest BCUT2D eigenvalue weighted by atomic mass is 19.1. The first-order valence-corrected chi connectivity index (χ1v) is 3.77. The molecule has 1 rings (SSSR count). The molecule has 1 aromatic heterocycles. The molecule has 0 aliphatic heterocycles. The van der Waals surface area contributed by atoms with Crippen molar-refractivity contribution in [1.29, 1.82) is 0 Å². The quantitative estimate of drug-likeness (QED) is 0.715. The van der Waals surface area contributed by atoms with E-state index in [1.54, 1.807) is 0 Å². The Bertz CT molecular complexity index is 265. The van der Waals surface area contributed by atoms with Gasteiger partial charge in [0.2, 0.25) is 0 Å². The van der Waals surface area contributed by atoms with E-state index in [9.17, 15) is 4.39 Å². The van der Waals surface area contributed by atoms with Gasteiger partial charge in [0.15, 0.2) is 0 Å². The van der Waals surface area contributed by atoms with Crippen molar-refractivity contribution < 1.29 is 9.50 Å². The van der Waals surface area contributed by atoms with Gasteiger partial charge in [0.1, 0.15) is 11.6 Å². The van der Waals surface area contributed by atoms with Gasteiger partial charge in [0.25, 0.3) is 0 Å². The molecule has 0 aliphatic carbocycles. The van der Waals surface area contributed by atoms with Crippen LogP contribution >= 0.6 is 0 Å². The largest absolute Gasteiger partial charge is 0.392 e. The average molecular weight is 170 g/mol. The number of nitrogens with zero attached hydrogens (tertiary/aromatic N) is 1. The van der Waals surface area contributed by atoms with Crippen LogP contribution in [0.25, 0.3) is 0 Å². The van der Waals surface area contributed by atoms with Crippen LogP contribution in [0, 0.1) is 5.82 Å². The number of pyridine rings is 1. The zero-order valence-corrected chi connectivity index (χ0v) is 6.84. The van der Waals surface area contributed by atoms with Crippen LogP contribution in [0.15, 0.2) is 12.3 Å². The van der Waals surface area contributed by atoms with Crippen molar-refractivity contribution in [2.75, 3.05) is 11.9 Å². The highest BCUT2D eigenvalue weighted by Gasteiger charge is 2.02. The van der Waals surface area contributed by atoms with Crippen molar-refractivity contribution in [1.82, 2.24) is 4.98 Å². The monoisotopic (exact) mass is 170 g/mol. The summed E-state index contributed by atoms with van der Waals surface area (Å²) in [6.07, 6.45) is 1.12. The predicted octanol–water partition coefficient (Wildman–Crippen LogP) is 1.14. The Morgan fingerprint density at radius 1 is 1.67 bits per heavy atom. The number of anilines is 1. The molecule has 1 aromatic rings. The summed E-state index contributed by atoms with van der Waals surface area (Å²) in [5, 5.41) is 11.7. The number of halogens is 1. The molecule has 0 amide bonds. The Labute approximate surface area is 70.3 Å². The second-order valence-electron chi connectivity index (χ2n) is 2.35. The summed E-state index contributed by atoms with van der Waals surface area (Å²) in [5.41, 5.74) is 0.483. The van der Waals surface area contributed by atoms with E-state index in [2.05, 4.69) is 10.3 Å². The van der Waals surface area contributed by atoms with Gasteiger partial charge in [0.05, 0.1) is 12.8 Å². The third-order valence-electron chi connectivity index (χ3n) is 1.45. The molecule has 0 unspecified atom stereocenters. The average Bonchev–Trinajstić information content (AvgIpc) is 2.08. The highest BCUT2D eigenvalue weighted by Crippen LogP contribution is 2.12. The third kappa shape index (κ3) is 1.92. The Hall–Kier alpha value is -1.16. The lowest BCUT2D eigenvalue weighted by Crippen LogP contribution is -2.03. The van der Waals surface area contributed by atoms with Crippen LogP contribution in [-0.4, -0.2) is 16.6 Å². The van der Waals surface area contributed by atoms with Crippen molar-refractivity contribution in [3.63, 3.8) is 0 Å². The summed E-state index contributed by atoms with van der Waals surface area (Å²) in [7, 11) is 0. The maximum absolute atomic E-state index is 12.6. The van der Waals surface area contributed by atoms with Crippen molar-refractivity contribution in [2.24, 2.45) is 0 Å². The number of nitrogens with one attached hydrogen (secondary N) is 1. The number of aliphatic hydroxyl groups is 1. The smallest absolute Gasteiger partial charge is 0.142 e. The number of hydrogen-bond acceptors (Lipinski definition) is 3. The fourth-order valence-corrected chi connectivity index (χ4v) is 0.928. The van der Waals surface area contributed by atoms with Gasteiger partial charge in [-0.1, -0.05) is 0 Å². The van der Waals surface area contributed by atoms with Gasteiger partial charge in [-0.05, 0) is 13.0 Å². The third-order valence-corrected chi connectivity index (χ3v) is 1.45. The summed E-state index contributed by atoms with van der Waals surface area (Å²) >= 11 is 0. The van der Waals surface area contributed by atoms with E-state index < -0.39 is 5.82 Å². The zero-order valence-electron chi connectivity index (χ0n) is 6.84. The predicted molar refractivity (Wildman–Crippen MR) is 44.3 cm³/mol. The topological polar surface area (TPSA) is 45.2 Å². The molecule has 12 heavy (non-hydrogen) atoms. The molecule has 3 nitrogen and oxygen atoms in total. The lowest BCUT2D eigenvalue weighted by Gasteiger charge is -2.06. The van der Waals surface area contributed by atoms with Gasteiger partial charge in [-0.2, -0.15) is 0 Å². The molecule has 0 aliphatic rings. The summed E-state index contributed by atoms with van der Waals surface area (Å²) in [4.78, 5) is 3.79. The first-order valence-electron chi connectivity index (χ1n) is 3.77. The van der Waals surface area contributed by atoms with Gasteiger partial charge in [-0.25, -0.2) is 9.37 Å². The second-order valence-corrected chi connectivity index (χ2v) is 2.35. The zero-order chi connectivity index (χ0) is 8.97. The first kappa shape index (κ1) is 8.93. The van der Waals surface area contributed by atoms with Crippen molar-refractivity contribution >= 4 is 5.82 Å². The fraction of sp³-hybridized carbons (Fsp3) is 0.375. The highest BCUT2D eigenvalue weighted by molar-refractivity contribution is 5.43.